The molecule has 0 aliphatic rings. The van der Waals surface area contributed by atoms with Crippen LogP contribution in [0.1, 0.15) is 0 Å². The van der Waals surface area contributed by atoms with Gasteiger partial charge in [-0.15, -0.1) is 0 Å². The van der Waals surface area contributed by atoms with Crippen LogP contribution in [0.15, 0.2) is 24.3 Å². The maximum absolute atomic E-state index is 12.7. The summed E-state index contributed by atoms with van der Waals surface area (Å²) >= 11 is -4.44. The number of carbonyl (C=O) groups is 2. The summed E-state index contributed by atoms with van der Waals surface area (Å²) in [6, 6.07) is 2.91. The second kappa shape index (κ2) is 6.66. The molecular weight excluding hydrogens is 444 g/mol. The molecule has 4 nitrogen and oxygen atoms in total. The van der Waals surface area contributed by atoms with E-state index < -0.39 is 54.3 Å². The number of rotatable bonds is 3. The minimum absolute atomic E-state index is 0.444. The Morgan fingerprint density at radius 3 is 1.50 bits per heavy atom. The van der Waals surface area contributed by atoms with E-state index in [2.05, 4.69) is 6.13 Å². The molecule has 0 bridgehead atoms. The normalized spacial score (nSPS) is 12.6. The number of carbonyl (C=O) groups excluding carboxylic acids is 2. The fourth-order valence-electron chi connectivity index (χ4n) is 0.852. The van der Waals surface area contributed by atoms with Gasteiger partial charge in [0.25, 0.3) is 0 Å². The van der Waals surface area contributed by atoms with Gasteiger partial charge in [-0.2, -0.15) is 0 Å². The fourth-order valence-corrected chi connectivity index (χ4v) is 3.62. The number of benzene rings is 1. The number of hydrogen-bond donors (Lipinski definition) is 0. The molecule has 1 aromatic rings. The summed E-state index contributed by atoms with van der Waals surface area (Å²) < 4.78 is 92.5. The average Bonchev–Trinajstić information content (AvgIpc) is 2.36. The van der Waals surface area contributed by atoms with Gasteiger partial charge in [0.05, 0.1) is 0 Å². The van der Waals surface area contributed by atoms with Crippen molar-refractivity contribution in [3.63, 3.8) is 0 Å². The molecule has 22 heavy (non-hydrogen) atoms. The number of alkyl halides is 6. The first-order chi connectivity index (χ1) is 9.91. The van der Waals surface area contributed by atoms with Crippen molar-refractivity contribution >= 4 is 32.6 Å². The third kappa shape index (κ3) is 5.31. The van der Waals surface area contributed by atoms with Gasteiger partial charge in [-0.3, -0.25) is 0 Å². The molecule has 0 radical (unpaired) electrons. The van der Waals surface area contributed by atoms with Crippen LogP contribution in [0, 0.1) is 9.39 Å². The number of hydrogen-bond acceptors (Lipinski definition) is 4. The molecule has 0 amide bonds. The fraction of sp³-hybridized carbons (Fsp3) is 0.200. The van der Waals surface area contributed by atoms with Gasteiger partial charge in [-0.1, -0.05) is 0 Å². The first-order valence-electron chi connectivity index (χ1n) is 4.96. The molecule has 0 unspecified atom stereocenters. The van der Waals surface area contributed by atoms with E-state index in [-0.39, 0.29) is 0 Å². The Morgan fingerprint density at radius 2 is 1.18 bits per heavy atom. The van der Waals surface area contributed by atoms with Gasteiger partial charge in [0, 0.05) is 0 Å². The first-order valence-corrected chi connectivity index (χ1v) is 7.80. The summed E-state index contributed by atoms with van der Waals surface area (Å²) in [6.07, 6.45) is -11.0. The van der Waals surface area contributed by atoms with Crippen molar-refractivity contribution in [3.8, 4) is 0 Å². The molecular formula is C10H4F7IO4. The van der Waals surface area contributed by atoms with Gasteiger partial charge in [0.1, 0.15) is 0 Å². The summed E-state index contributed by atoms with van der Waals surface area (Å²) in [5.74, 6) is -6.46. The SMILES string of the molecule is O=C(OI(OC(=O)C(F)(F)F)c1ccc(F)cc1)C(F)(F)F. The molecule has 0 atom stereocenters. The van der Waals surface area contributed by atoms with E-state index in [1.807, 2.05) is 0 Å². The predicted octanol–water partition coefficient (Wildman–Crippen LogP) is 3.54. The third-order valence-electron chi connectivity index (χ3n) is 1.72. The minimum atomic E-state index is -5.49. The molecule has 1 aromatic carbocycles. The zero-order chi connectivity index (χ0) is 17.1. The van der Waals surface area contributed by atoms with E-state index in [1.165, 1.54) is 0 Å². The Hall–Kier alpha value is -1.60. The summed E-state index contributed by atoms with van der Waals surface area (Å²) in [4.78, 5) is 21.4. The van der Waals surface area contributed by atoms with E-state index in [4.69, 9.17) is 0 Å². The predicted molar refractivity (Wildman–Crippen MR) is 63.4 cm³/mol. The molecule has 0 aliphatic carbocycles. The Bertz CT molecular complexity index is 524. The van der Waals surface area contributed by atoms with Gasteiger partial charge >= 0.3 is 125 Å². The Kier molecular flexibility index (Phi) is 5.59. The summed E-state index contributed by atoms with van der Waals surface area (Å²) in [7, 11) is 0. The molecule has 0 aromatic heterocycles. The Balaban J connectivity index is 3.02. The maximum atomic E-state index is 12.7. The summed E-state index contributed by atoms with van der Waals surface area (Å²) in [6.45, 7) is 0. The quantitative estimate of drug-likeness (QED) is 0.525. The van der Waals surface area contributed by atoms with Gasteiger partial charge < -0.3 is 0 Å². The van der Waals surface area contributed by atoms with Crippen molar-refractivity contribution in [1.29, 1.82) is 0 Å². The Morgan fingerprint density at radius 1 is 0.818 bits per heavy atom. The van der Waals surface area contributed by atoms with Crippen LogP contribution in [-0.2, 0) is 15.7 Å². The monoisotopic (exact) mass is 448 g/mol. The first kappa shape index (κ1) is 18.4. The summed E-state index contributed by atoms with van der Waals surface area (Å²) in [5.41, 5.74) is 0. The van der Waals surface area contributed by atoms with E-state index in [1.54, 1.807) is 0 Å². The molecule has 1 rings (SSSR count). The van der Waals surface area contributed by atoms with E-state index in [9.17, 15) is 40.3 Å². The van der Waals surface area contributed by atoms with Crippen LogP contribution in [0.5, 0.6) is 0 Å². The second-order valence-corrected chi connectivity index (χ2v) is 6.75. The molecule has 0 saturated heterocycles. The number of halogens is 8. The molecule has 0 spiro atoms. The van der Waals surface area contributed by atoms with Crippen molar-refractivity contribution in [2.75, 3.05) is 0 Å². The molecule has 0 aliphatic heterocycles. The van der Waals surface area contributed by atoms with Crippen LogP contribution in [0.25, 0.3) is 0 Å². The summed E-state index contributed by atoms with van der Waals surface area (Å²) in [5, 5.41) is 0. The Labute approximate surface area is 125 Å². The van der Waals surface area contributed by atoms with Crippen molar-refractivity contribution in [2.45, 2.75) is 12.4 Å². The van der Waals surface area contributed by atoms with Gasteiger partial charge in [0.15, 0.2) is 0 Å². The van der Waals surface area contributed by atoms with Crippen molar-refractivity contribution in [3.05, 3.63) is 33.7 Å². The van der Waals surface area contributed by atoms with Gasteiger partial charge in [-0.25, -0.2) is 0 Å². The molecule has 124 valence electrons. The topological polar surface area (TPSA) is 52.6 Å². The van der Waals surface area contributed by atoms with Crippen LogP contribution in [0.4, 0.5) is 30.7 Å². The molecule has 0 heterocycles. The van der Waals surface area contributed by atoms with Crippen LogP contribution in [0.3, 0.4) is 0 Å². The van der Waals surface area contributed by atoms with Gasteiger partial charge in [0.2, 0.25) is 0 Å². The average molecular weight is 448 g/mol. The van der Waals surface area contributed by atoms with E-state index in [0.717, 1.165) is 12.1 Å². The zero-order valence-corrected chi connectivity index (χ0v) is 12.1. The molecule has 12 heteroatoms. The van der Waals surface area contributed by atoms with Crippen molar-refractivity contribution in [2.24, 2.45) is 0 Å². The standard InChI is InChI=1S/C10H4F7IO4/c11-5-1-3-6(4-2-5)18(21-7(19)9(12,13)14)22-8(20)10(15,16)17/h1-4H. The molecule has 0 N–H and O–H groups in total. The van der Waals surface area contributed by atoms with Crippen molar-refractivity contribution < 1.29 is 46.5 Å². The van der Waals surface area contributed by atoms with Crippen LogP contribution < -0.4 is 0 Å². The zero-order valence-electron chi connectivity index (χ0n) is 9.97. The van der Waals surface area contributed by atoms with Crippen molar-refractivity contribution in [1.82, 2.24) is 0 Å². The second-order valence-electron chi connectivity index (χ2n) is 3.38. The molecule has 0 fully saturated rings. The third-order valence-corrected chi connectivity index (χ3v) is 5.06. The van der Waals surface area contributed by atoms with E-state index >= 15 is 0 Å². The van der Waals surface area contributed by atoms with Crippen LogP contribution in [0.2, 0.25) is 0 Å². The van der Waals surface area contributed by atoms with Crippen LogP contribution in [-0.4, -0.2) is 24.3 Å². The van der Waals surface area contributed by atoms with Gasteiger partial charge in [-0.05, 0) is 0 Å². The molecule has 0 saturated carbocycles. The van der Waals surface area contributed by atoms with Crippen LogP contribution >= 0.6 is 20.6 Å². The van der Waals surface area contributed by atoms with E-state index in [0.29, 0.717) is 12.1 Å².